The zero-order valence-electron chi connectivity index (χ0n) is 9.64. The van der Waals surface area contributed by atoms with E-state index in [0.29, 0.717) is 5.82 Å². The highest BCUT2D eigenvalue weighted by Gasteiger charge is 2.09. The molecule has 6 heteroatoms. The molecule has 0 atom stereocenters. The van der Waals surface area contributed by atoms with E-state index in [9.17, 15) is 4.79 Å². The third-order valence-corrected chi connectivity index (χ3v) is 3.22. The van der Waals surface area contributed by atoms with Gasteiger partial charge in [0.15, 0.2) is 5.69 Å². The lowest BCUT2D eigenvalue weighted by Crippen LogP contribution is -2.15. The highest BCUT2D eigenvalue weighted by Crippen LogP contribution is 2.17. The number of amides is 1. The van der Waals surface area contributed by atoms with Gasteiger partial charge in [-0.3, -0.25) is 4.79 Å². The van der Waals surface area contributed by atoms with Crippen LogP contribution in [0.25, 0.3) is 0 Å². The van der Waals surface area contributed by atoms with Crippen molar-refractivity contribution in [2.24, 2.45) is 0 Å². The van der Waals surface area contributed by atoms with Crippen LogP contribution in [0.3, 0.4) is 0 Å². The van der Waals surface area contributed by atoms with Crippen LogP contribution in [0.4, 0.5) is 11.5 Å². The van der Waals surface area contributed by atoms with Crippen LogP contribution >= 0.6 is 22.6 Å². The topological polar surface area (TPSA) is 66.9 Å². The standard InChI is InChI=1S/C12H11IN4O/c1-14-11-7-6-10(16-17-11)12(18)15-9-5-3-2-4-8(9)13/h2-7H,1H3,(H,14,17)(H,15,18). The Bertz CT molecular complexity index is 556. The molecule has 0 bridgehead atoms. The summed E-state index contributed by atoms with van der Waals surface area (Å²) in [6.07, 6.45) is 0. The molecule has 1 amide bonds. The molecule has 18 heavy (non-hydrogen) atoms. The van der Waals surface area contributed by atoms with Gasteiger partial charge < -0.3 is 10.6 Å². The number of halogens is 1. The van der Waals surface area contributed by atoms with Crippen molar-refractivity contribution in [3.05, 3.63) is 45.7 Å². The van der Waals surface area contributed by atoms with Crippen molar-refractivity contribution in [3.63, 3.8) is 0 Å². The van der Waals surface area contributed by atoms with Crippen LogP contribution in [0.1, 0.15) is 10.5 Å². The van der Waals surface area contributed by atoms with Gasteiger partial charge in [0.05, 0.1) is 5.69 Å². The first kappa shape index (κ1) is 12.7. The maximum Gasteiger partial charge on any atom is 0.276 e. The van der Waals surface area contributed by atoms with Crippen LogP contribution < -0.4 is 10.6 Å². The number of carbonyl (C=O) groups is 1. The molecule has 0 aliphatic rings. The van der Waals surface area contributed by atoms with E-state index in [2.05, 4.69) is 43.4 Å². The van der Waals surface area contributed by atoms with Gasteiger partial charge in [0.25, 0.3) is 5.91 Å². The maximum absolute atomic E-state index is 11.9. The molecule has 2 N–H and O–H groups in total. The molecule has 0 aliphatic heterocycles. The Morgan fingerprint density at radius 1 is 1.17 bits per heavy atom. The monoisotopic (exact) mass is 354 g/mol. The van der Waals surface area contributed by atoms with Crippen LogP contribution in [0.5, 0.6) is 0 Å². The summed E-state index contributed by atoms with van der Waals surface area (Å²) in [6, 6.07) is 10.9. The Hall–Kier alpha value is -1.70. The van der Waals surface area contributed by atoms with Crippen LogP contribution in [-0.2, 0) is 0 Å². The summed E-state index contributed by atoms with van der Waals surface area (Å²) in [6.45, 7) is 0. The average molecular weight is 354 g/mol. The molecule has 1 aromatic carbocycles. The number of anilines is 2. The van der Waals surface area contributed by atoms with Crippen molar-refractivity contribution in [2.75, 3.05) is 17.7 Å². The Morgan fingerprint density at radius 2 is 1.94 bits per heavy atom. The van der Waals surface area contributed by atoms with Crippen molar-refractivity contribution in [3.8, 4) is 0 Å². The molecule has 0 saturated heterocycles. The fourth-order valence-electron chi connectivity index (χ4n) is 1.34. The van der Waals surface area contributed by atoms with Crippen molar-refractivity contribution in [2.45, 2.75) is 0 Å². The predicted octanol–water partition coefficient (Wildman–Crippen LogP) is 2.38. The summed E-state index contributed by atoms with van der Waals surface area (Å²) in [5, 5.41) is 13.3. The second-order valence-electron chi connectivity index (χ2n) is 3.49. The van der Waals surface area contributed by atoms with Crippen LogP contribution in [0, 0.1) is 3.57 Å². The molecule has 0 unspecified atom stereocenters. The Labute approximate surface area is 118 Å². The Balaban J connectivity index is 2.14. The Morgan fingerprint density at radius 3 is 2.56 bits per heavy atom. The van der Waals surface area contributed by atoms with Gasteiger partial charge in [0.2, 0.25) is 0 Å². The van der Waals surface area contributed by atoms with Gasteiger partial charge in [0, 0.05) is 10.6 Å². The largest absolute Gasteiger partial charge is 0.372 e. The quantitative estimate of drug-likeness (QED) is 0.831. The minimum atomic E-state index is -0.269. The van der Waals surface area contributed by atoms with E-state index in [-0.39, 0.29) is 11.6 Å². The number of para-hydroxylation sites is 1. The van der Waals surface area contributed by atoms with Gasteiger partial charge in [0.1, 0.15) is 5.82 Å². The van der Waals surface area contributed by atoms with Gasteiger partial charge >= 0.3 is 0 Å². The number of rotatable bonds is 3. The van der Waals surface area contributed by atoms with E-state index in [1.807, 2.05) is 24.3 Å². The minimum absolute atomic E-state index is 0.269. The van der Waals surface area contributed by atoms with Crippen molar-refractivity contribution in [1.82, 2.24) is 10.2 Å². The molecule has 1 heterocycles. The molecule has 0 saturated carbocycles. The molecule has 2 aromatic rings. The lowest BCUT2D eigenvalue weighted by atomic mass is 10.3. The third kappa shape index (κ3) is 2.95. The van der Waals surface area contributed by atoms with E-state index in [0.717, 1.165) is 9.26 Å². The molecule has 0 spiro atoms. The summed E-state index contributed by atoms with van der Waals surface area (Å²) in [5.41, 5.74) is 1.05. The van der Waals surface area contributed by atoms with Crippen molar-refractivity contribution >= 4 is 40.0 Å². The summed E-state index contributed by atoms with van der Waals surface area (Å²) in [4.78, 5) is 11.9. The number of nitrogens with zero attached hydrogens (tertiary/aromatic N) is 2. The summed E-state index contributed by atoms with van der Waals surface area (Å²) < 4.78 is 0.975. The zero-order chi connectivity index (χ0) is 13.0. The summed E-state index contributed by atoms with van der Waals surface area (Å²) in [5.74, 6) is 0.357. The van der Waals surface area contributed by atoms with Gasteiger partial charge in [-0.2, -0.15) is 0 Å². The van der Waals surface area contributed by atoms with Gasteiger partial charge in [-0.05, 0) is 46.9 Å². The van der Waals surface area contributed by atoms with E-state index in [4.69, 9.17) is 0 Å². The molecular formula is C12H11IN4O. The first-order chi connectivity index (χ1) is 8.70. The lowest BCUT2D eigenvalue weighted by Gasteiger charge is -2.06. The molecule has 92 valence electrons. The van der Waals surface area contributed by atoms with E-state index >= 15 is 0 Å². The molecular weight excluding hydrogens is 343 g/mol. The smallest absolute Gasteiger partial charge is 0.276 e. The molecule has 0 aliphatic carbocycles. The summed E-state index contributed by atoms with van der Waals surface area (Å²) >= 11 is 2.16. The molecule has 0 radical (unpaired) electrons. The number of hydrogen-bond acceptors (Lipinski definition) is 4. The van der Waals surface area contributed by atoms with E-state index in [1.54, 1.807) is 19.2 Å². The fraction of sp³-hybridized carbons (Fsp3) is 0.0833. The number of carbonyl (C=O) groups excluding carboxylic acids is 1. The van der Waals surface area contributed by atoms with Gasteiger partial charge in [-0.1, -0.05) is 12.1 Å². The predicted molar refractivity (Wildman–Crippen MR) is 78.7 cm³/mol. The molecule has 1 aromatic heterocycles. The zero-order valence-corrected chi connectivity index (χ0v) is 11.8. The number of nitrogens with one attached hydrogen (secondary N) is 2. The molecule has 0 fully saturated rings. The minimum Gasteiger partial charge on any atom is -0.372 e. The maximum atomic E-state index is 11.9. The molecule has 2 rings (SSSR count). The average Bonchev–Trinajstić information content (AvgIpc) is 2.41. The van der Waals surface area contributed by atoms with Crippen LogP contribution in [0.2, 0.25) is 0 Å². The Kier molecular flexibility index (Phi) is 4.08. The highest BCUT2D eigenvalue weighted by atomic mass is 127. The van der Waals surface area contributed by atoms with Gasteiger partial charge in [-0.15, -0.1) is 10.2 Å². The normalized spacial score (nSPS) is 9.89. The SMILES string of the molecule is CNc1ccc(C(=O)Nc2ccccc2I)nn1. The second-order valence-corrected chi connectivity index (χ2v) is 4.65. The third-order valence-electron chi connectivity index (χ3n) is 2.28. The number of hydrogen-bond donors (Lipinski definition) is 2. The summed E-state index contributed by atoms with van der Waals surface area (Å²) in [7, 11) is 1.75. The van der Waals surface area contributed by atoms with Crippen molar-refractivity contribution in [1.29, 1.82) is 0 Å². The van der Waals surface area contributed by atoms with Crippen LogP contribution in [-0.4, -0.2) is 23.2 Å². The second kappa shape index (κ2) is 5.76. The highest BCUT2D eigenvalue weighted by molar-refractivity contribution is 14.1. The number of aromatic nitrogens is 2. The van der Waals surface area contributed by atoms with E-state index in [1.165, 1.54) is 0 Å². The van der Waals surface area contributed by atoms with Gasteiger partial charge in [-0.25, -0.2) is 0 Å². The molecule has 5 nitrogen and oxygen atoms in total. The number of benzene rings is 1. The first-order valence-corrected chi connectivity index (χ1v) is 6.36. The lowest BCUT2D eigenvalue weighted by molar-refractivity contribution is 0.102. The van der Waals surface area contributed by atoms with Crippen molar-refractivity contribution < 1.29 is 4.79 Å². The van der Waals surface area contributed by atoms with Crippen LogP contribution in [0.15, 0.2) is 36.4 Å². The first-order valence-electron chi connectivity index (χ1n) is 5.28. The van der Waals surface area contributed by atoms with E-state index < -0.39 is 0 Å². The fourth-order valence-corrected chi connectivity index (χ4v) is 1.86.